The van der Waals surface area contributed by atoms with Gasteiger partial charge in [-0.25, -0.2) is 8.42 Å². The Bertz CT molecular complexity index is 478. The van der Waals surface area contributed by atoms with Crippen LogP contribution in [0.4, 0.5) is 0 Å². The summed E-state index contributed by atoms with van der Waals surface area (Å²) in [6, 6.07) is 6.93. The van der Waals surface area contributed by atoms with Crippen molar-refractivity contribution in [1.82, 2.24) is 0 Å². The van der Waals surface area contributed by atoms with Crippen molar-refractivity contribution < 1.29 is 8.42 Å². The van der Waals surface area contributed by atoms with Crippen LogP contribution < -0.4 is 5.73 Å². The van der Waals surface area contributed by atoms with Gasteiger partial charge in [0.15, 0.2) is 15.8 Å². The van der Waals surface area contributed by atoms with E-state index in [1.165, 1.54) is 0 Å². The monoisotopic (exact) mass is 238 g/mol. The summed E-state index contributed by atoms with van der Waals surface area (Å²) in [4.78, 5) is 0.378. The average molecular weight is 238 g/mol. The van der Waals surface area contributed by atoms with Gasteiger partial charge in [-0.15, -0.1) is 0 Å². The van der Waals surface area contributed by atoms with E-state index in [9.17, 15) is 8.42 Å². The van der Waals surface area contributed by atoms with Gasteiger partial charge in [-0.2, -0.15) is 0 Å². The Morgan fingerprint density at radius 3 is 2.81 bits per heavy atom. The number of hydrogen-bond acceptors (Lipinski definition) is 3. The Hall–Kier alpha value is -1.00. The lowest BCUT2D eigenvalue weighted by Crippen LogP contribution is -2.13. The molecule has 1 aromatic carbocycles. The van der Waals surface area contributed by atoms with E-state index >= 15 is 0 Å². The van der Waals surface area contributed by atoms with Gasteiger partial charge in [0, 0.05) is 0 Å². The Kier molecular flexibility index (Phi) is 2.95. The van der Waals surface area contributed by atoms with Crippen LogP contribution in [0.3, 0.4) is 0 Å². The molecular formula is C12H16NO2S+. The molecular weight excluding hydrogens is 222 g/mol. The van der Waals surface area contributed by atoms with E-state index in [0.29, 0.717) is 10.8 Å². The lowest BCUT2D eigenvalue weighted by atomic mass is 10.0. The van der Waals surface area contributed by atoms with Crippen molar-refractivity contribution in [2.24, 2.45) is 11.7 Å². The maximum absolute atomic E-state index is 11.7. The summed E-state index contributed by atoms with van der Waals surface area (Å²) < 4.78 is 23.4. The summed E-state index contributed by atoms with van der Waals surface area (Å²) in [5.41, 5.74) is 6.94. The summed E-state index contributed by atoms with van der Waals surface area (Å²) in [7, 11) is -3.13. The largest absolute Gasteiger partial charge is 0.320 e. The molecule has 1 aliphatic carbocycles. The Morgan fingerprint density at radius 2 is 2.25 bits per heavy atom. The second kappa shape index (κ2) is 4.11. The molecule has 2 N–H and O–H groups in total. The first kappa shape index (κ1) is 11.5. The number of nitrogens with two attached hydrogens (primary N) is 1. The molecule has 0 bridgehead atoms. The topological polar surface area (TPSA) is 60.2 Å². The quantitative estimate of drug-likeness (QED) is 0.812. The molecule has 0 amide bonds. The molecule has 2 atom stereocenters. The minimum absolute atomic E-state index is 0.0630. The molecule has 3 nitrogen and oxygen atoms in total. The molecule has 1 aromatic rings. The molecule has 0 spiro atoms. The van der Waals surface area contributed by atoms with E-state index in [-0.39, 0.29) is 11.8 Å². The summed E-state index contributed by atoms with van der Waals surface area (Å²) in [5.74, 6) is 0.543. The summed E-state index contributed by atoms with van der Waals surface area (Å²) in [6.07, 6.45) is 3.18. The minimum atomic E-state index is -3.13. The second-order valence-corrected chi connectivity index (χ2v) is 6.42. The summed E-state index contributed by atoms with van der Waals surface area (Å²) in [5, 5.41) is 0. The highest BCUT2D eigenvalue weighted by Crippen LogP contribution is 2.38. The maximum Gasteiger partial charge on any atom is 0.178 e. The Labute approximate surface area is 96.6 Å². The predicted molar refractivity (Wildman–Crippen MR) is 63.5 cm³/mol. The van der Waals surface area contributed by atoms with Gasteiger partial charge < -0.3 is 5.73 Å². The fraction of sp³-hybridized carbons (Fsp3) is 0.417. The van der Waals surface area contributed by atoms with Crippen molar-refractivity contribution in [2.75, 3.05) is 5.75 Å². The zero-order valence-corrected chi connectivity index (χ0v) is 10.1. The first-order chi connectivity index (χ1) is 7.54. The van der Waals surface area contributed by atoms with Crippen LogP contribution in [0.25, 0.3) is 0 Å². The van der Waals surface area contributed by atoms with Crippen LogP contribution in [0.15, 0.2) is 29.2 Å². The molecule has 0 saturated heterocycles. The highest BCUT2D eigenvalue weighted by molar-refractivity contribution is 7.91. The van der Waals surface area contributed by atoms with Crippen LogP contribution in [0, 0.1) is 12.3 Å². The van der Waals surface area contributed by atoms with Gasteiger partial charge in [-0.3, -0.25) is 0 Å². The second-order valence-electron chi connectivity index (χ2n) is 4.14. The molecule has 16 heavy (non-hydrogen) atoms. The third kappa shape index (κ3) is 2.23. The van der Waals surface area contributed by atoms with E-state index in [1.54, 1.807) is 25.1 Å². The molecule has 0 heterocycles. The van der Waals surface area contributed by atoms with Crippen LogP contribution in [-0.2, 0) is 9.84 Å². The number of sulfone groups is 1. The van der Waals surface area contributed by atoms with E-state index in [4.69, 9.17) is 5.73 Å². The zero-order valence-electron chi connectivity index (χ0n) is 9.26. The molecule has 0 radical (unpaired) electrons. The lowest BCUT2D eigenvalue weighted by Gasteiger charge is -2.08. The van der Waals surface area contributed by atoms with E-state index in [2.05, 4.69) is 6.42 Å². The van der Waals surface area contributed by atoms with Gasteiger partial charge in [0.1, 0.15) is 6.42 Å². The standard InChI is InChI=1S/C12H16NO2S/c1-2-16(14,15)11-5-3-4-10(8-11)12(13)9-6-7-9/h3-6,8-9,12H,2,7,13H2,1H3/q+1/t9?,12-/m0/s1. The number of benzene rings is 1. The van der Waals surface area contributed by atoms with Gasteiger partial charge in [0.2, 0.25) is 0 Å². The van der Waals surface area contributed by atoms with Crippen molar-refractivity contribution in [2.45, 2.75) is 24.3 Å². The fourth-order valence-electron chi connectivity index (χ4n) is 1.70. The molecule has 2 rings (SSSR count). The Morgan fingerprint density at radius 1 is 1.56 bits per heavy atom. The molecule has 86 valence electrons. The minimum Gasteiger partial charge on any atom is -0.320 e. The molecule has 0 aliphatic heterocycles. The van der Waals surface area contributed by atoms with Gasteiger partial charge in [0.05, 0.1) is 23.1 Å². The van der Waals surface area contributed by atoms with Crippen LogP contribution in [-0.4, -0.2) is 14.2 Å². The first-order valence-electron chi connectivity index (χ1n) is 5.46. The highest BCUT2D eigenvalue weighted by atomic mass is 32.2. The van der Waals surface area contributed by atoms with Gasteiger partial charge in [-0.1, -0.05) is 19.1 Å². The Balaban J connectivity index is 2.32. The van der Waals surface area contributed by atoms with Crippen molar-refractivity contribution in [1.29, 1.82) is 0 Å². The van der Waals surface area contributed by atoms with Crippen LogP contribution in [0.1, 0.15) is 24.9 Å². The maximum atomic E-state index is 11.7. The smallest absolute Gasteiger partial charge is 0.178 e. The van der Waals surface area contributed by atoms with Crippen molar-refractivity contribution in [3.05, 3.63) is 36.2 Å². The highest BCUT2D eigenvalue weighted by Gasteiger charge is 2.42. The zero-order chi connectivity index (χ0) is 11.8. The molecule has 1 fully saturated rings. The summed E-state index contributed by atoms with van der Waals surface area (Å²) >= 11 is 0. The third-order valence-corrected chi connectivity index (χ3v) is 4.68. The fourth-order valence-corrected chi connectivity index (χ4v) is 2.64. The van der Waals surface area contributed by atoms with E-state index in [0.717, 1.165) is 12.0 Å². The third-order valence-electron chi connectivity index (χ3n) is 2.95. The van der Waals surface area contributed by atoms with Crippen molar-refractivity contribution >= 4 is 9.84 Å². The van der Waals surface area contributed by atoms with Crippen molar-refractivity contribution in [3.63, 3.8) is 0 Å². The SMILES string of the molecule is CCS(=O)(=O)c1cccc([C@@H](N)C2[CH+]C2)c1. The van der Waals surface area contributed by atoms with Crippen LogP contribution >= 0.6 is 0 Å². The normalized spacial score (nSPS) is 21.2. The number of hydrogen-bond donors (Lipinski definition) is 1. The molecule has 0 aromatic heterocycles. The molecule has 1 aliphatic rings. The predicted octanol–water partition coefficient (Wildman–Crippen LogP) is 1.70. The first-order valence-corrected chi connectivity index (χ1v) is 7.11. The van der Waals surface area contributed by atoms with E-state index < -0.39 is 9.84 Å². The van der Waals surface area contributed by atoms with Crippen molar-refractivity contribution in [3.8, 4) is 0 Å². The van der Waals surface area contributed by atoms with Gasteiger partial charge >= 0.3 is 0 Å². The lowest BCUT2D eigenvalue weighted by molar-refractivity contribution is 0.596. The van der Waals surface area contributed by atoms with Crippen LogP contribution in [0.5, 0.6) is 0 Å². The molecule has 1 unspecified atom stereocenters. The number of rotatable bonds is 4. The average Bonchev–Trinajstić information content (AvgIpc) is 3.12. The molecule has 1 saturated carbocycles. The van der Waals surface area contributed by atoms with Gasteiger partial charge in [-0.05, 0) is 17.7 Å². The van der Waals surface area contributed by atoms with E-state index in [1.807, 2.05) is 6.07 Å². The summed E-state index contributed by atoms with van der Waals surface area (Å²) in [6.45, 7) is 1.65. The molecule has 4 heteroatoms. The van der Waals surface area contributed by atoms with Gasteiger partial charge in [0.25, 0.3) is 0 Å². The van der Waals surface area contributed by atoms with Crippen LogP contribution in [0.2, 0.25) is 0 Å².